The monoisotopic (exact) mass is 334 g/mol. The second kappa shape index (κ2) is 7.26. The molecule has 1 amide bonds. The molecular weight excluding hydrogens is 316 g/mol. The quantitative estimate of drug-likeness (QED) is 0.805. The van der Waals surface area contributed by atoms with Crippen LogP contribution in [0.2, 0.25) is 0 Å². The van der Waals surface area contributed by atoms with E-state index in [2.05, 4.69) is 10.4 Å². The maximum absolute atomic E-state index is 12.3. The van der Waals surface area contributed by atoms with Gasteiger partial charge in [-0.3, -0.25) is 4.79 Å². The highest BCUT2D eigenvalue weighted by molar-refractivity contribution is 7.98. The molecule has 1 aromatic heterocycles. The zero-order valence-corrected chi connectivity index (χ0v) is 14.1. The summed E-state index contributed by atoms with van der Waals surface area (Å²) in [5, 5.41) is 3.20. The van der Waals surface area contributed by atoms with Crippen LogP contribution in [0.15, 0.2) is 34.5 Å². The van der Waals surface area contributed by atoms with Gasteiger partial charge in [0.05, 0.1) is 23.9 Å². The number of thioether (sulfide) groups is 1. The van der Waals surface area contributed by atoms with Gasteiger partial charge in [-0.2, -0.15) is 0 Å². The number of nitrogens with zero attached hydrogens (tertiary/aromatic N) is 2. The molecular formula is C16H18N2O2S2. The third-order valence-electron chi connectivity index (χ3n) is 3.45. The fraction of sp³-hybridized carbons (Fsp3) is 0.375. The van der Waals surface area contributed by atoms with Crippen molar-refractivity contribution in [1.82, 2.24) is 9.88 Å². The molecule has 1 fully saturated rings. The third-order valence-corrected chi connectivity index (χ3v) is 5.32. The number of hydrogen-bond donors (Lipinski definition) is 0. The Morgan fingerprint density at radius 2 is 2.05 bits per heavy atom. The van der Waals surface area contributed by atoms with Crippen molar-refractivity contribution in [3.63, 3.8) is 0 Å². The molecule has 2 aromatic rings. The van der Waals surface area contributed by atoms with E-state index in [0.717, 1.165) is 26.9 Å². The van der Waals surface area contributed by atoms with Crippen molar-refractivity contribution in [2.24, 2.45) is 0 Å². The van der Waals surface area contributed by atoms with Gasteiger partial charge in [0.1, 0.15) is 0 Å². The maximum Gasteiger partial charge on any atom is 0.254 e. The van der Waals surface area contributed by atoms with Gasteiger partial charge in [-0.05, 0) is 31.2 Å². The number of carbonyl (C=O) groups is 1. The van der Waals surface area contributed by atoms with Gasteiger partial charge in [0.2, 0.25) is 0 Å². The van der Waals surface area contributed by atoms with Crippen molar-refractivity contribution in [1.29, 1.82) is 0 Å². The first-order valence-electron chi connectivity index (χ1n) is 7.23. The van der Waals surface area contributed by atoms with Gasteiger partial charge in [0.15, 0.2) is 0 Å². The Hall–Kier alpha value is -1.37. The van der Waals surface area contributed by atoms with Crippen LogP contribution in [0.5, 0.6) is 0 Å². The van der Waals surface area contributed by atoms with E-state index >= 15 is 0 Å². The molecule has 0 saturated carbocycles. The summed E-state index contributed by atoms with van der Waals surface area (Å²) in [7, 11) is 0. The predicted molar refractivity (Wildman–Crippen MR) is 89.6 cm³/mol. The summed E-state index contributed by atoms with van der Waals surface area (Å²) in [6.45, 7) is 4.64. The zero-order valence-electron chi connectivity index (χ0n) is 12.4. The minimum atomic E-state index is 0.0926. The summed E-state index contributed by atoms with van der Waals surface area (Å²) in [4.78, 5) is 19.8. The Morgan fingerprint density at radius 3 is 2.68 bits per heavy atom. The van der Waals surface area contributed by atoms with Crippen LogP contribution in [0.1, 0.15) is 21.1 Å². The molecule has 0 radical (unpaired) electrons. The highest BCUT2D eigenvalue weighted by Gasteiger charge is 2.18. The predicted octanol–water partition coefficient (Wildman–Crippen LogP) is 3.22. The van der Waals surface area contributed by atoms with E-state index in [1.807, 2.05) is 36.1 Å². The minimum absolute atomic E-state index is 0.0926. The van der Waals surface area contributed by atoms with Crippen molar-refractivity contribution >= 4 is 29.0 Å². The number of aryl methyl sites for hydroxylation is 1. The van der Waals surface area contributed by atoms with Gasteiger partial charge >= 0.3 is 0 Å². The molecule has 3 rings (SSSR count). The summed E-state index contributed by atoms with van der Waals surface area (Å²) >= 11 is 3.42. The van der Waals surface area contributed by atoms with Crippen molar-refractivity contribution in [2.45, 2.75) is 17.6 Å². The number of hydrogen-bond acceptors (Lipinski definition) is 5. The summed E-state index contributed by atoms with van der Waals surface area (Å²) < 4.78 is 5.28. The fourth-order valence-electron chi connectivity index (χ4n) is 2.27. The van der Waals surface area contributed by atoms with E-state index in [1.54, 1.807) is 23.1 Å². The molecule has 0 atom stereocenters. The molecule has 1 aromatic carbocycles. The van der Waals surface area contributed by atoms with E-state index in [-0.39, 0.29) is 5.91 Å². The van der Waals surface area contributed by atoms with Crippen LogP contribution in [-0.4, -0.2) is 42.1 Å². The first-order valence-corrected chi connectivity index (χ1v) is 9.10. The molecule has 1 saturated heterocycles. The van der Waals surface area contributed by atoms with Crippen LogP contribution < -0.4 is 0 Å². The van der Waals surface area contributed by atoms with Crippen molar-refractivity contribution in [3.05, 3.63) is 45.9 Å². The first-order chi connectivity index (χ1) is 10.7. The minimum Gasteiger partial charge on any atom is -0.378 e. The van der Waals surface area contributed by atoms with Gasteiger partial charge in [0, 0.05) is 34.7 Å². The number of carbonyl (C=O) groups excluding carboxylic acids is 1. The molecule has 4 nitrogen and oxygen atoms in total. The van der Waals surface area contributed by atoms with Crippen molar-refractivity contribution < 1.29 is 9.53 Å². The number of morpholine rings is 1. The molecule has 0 N–H and O–H groups in total. The molecule has 2 heterocycles. The topological polar surface area (TPSA) is 42.4 Å². The van der Waals surface area contributed by atoms with Gasteiger partial charge < -0.3 is 9.64 Å². The Bertz CT molecular complexity index is 634. The van der Waals surface area contributed by atoms with Crippen LogP contribution in [0, 0.1) is 6.92 Å². The number of ether oxygens (including phenoxy) is 1. The average Bonchev–Trinajstić information content (AvgIpc) is 2.99. The number of amides is 1. The molecule has 1 aliphatic heterocycles. The van der Waals surface area contributed by atoms with E-state index < -0.39 is 0 Å². The Balaban J connectivity index is 1.58. The number of benzene rings is 1. The first kappa shape index (κ1) is 15.5. The standard InChI is InChI=1S/C16H18N2O2S2/c1-12-17-14(10-21-12)11-22-15-4-2-13(3-5-15)16(19)18-6-8-20-9-7-18/h2-5,10H,6-9,11H2,1H3. The number of rotatable bonds is 4. The molecule has 6 heteroatoms. The Morgan fingerprint density at radius 1 is 1.32 bits per heavy atom. The largest absolute Gasteiger partial charge is 0.378 e. The van der Waals surface area contributed by atoms with Gasteiger partial charge in [-0.15, -0.1) is 23.1 Å². The van der Waals surface area contributed by atoms with E-state index in [1.165, 1.54) is 0 Å². The maximum atomic E-state index is 12.3. The molecule has 1 aliphatic rings. The van der Waals surface area contributed by atoms with E-state index in [4.69, 9.17) is 4.74 Å². The summed E-state index contributed by atoms with van der Waals surface area (Å²) in [5.74, 6) is 0.955. The Labute approximate surface area is 138 Å². The second-order valence-electron chi connectivity index (χ2n) is 5.08. The van der Waals surface area contributed by atoms with Crippen LogP contribution in [-0.2, 0) is 10.5 Å². The average molecular weight is 334 g/mol. The summed E-state index contributed by atoms with van der Waals surface area (Å²) in [6.07, 6.45) is 0. The van der Waals surface area contributed by atoms with Gasteiger partial charge in [-0.25, -0.2) is 4.98 Å². The van der Waals surface area contributed by atoms with E-state index in [9.17, 15) is 4.79 Å². The van der Waals surface area contributed by atoms with Crippen LogP contribution in [0.25, 0.3) is 0 Å². The van der Waals surface area contributed by atoms with Crippen LogP contribution in [0.3, 0.4) is 0 Å². The highest BCUT2D eigenvalue weighted by atomic mass is 32.2. The number of aromatic nitrogens is 1. The SMILES string of the molecule is Cc1nc(CSc2ccc(C(=O)N3CCOCC3)cc2)cs1. The van der Waals surface area contributed by atoms with E-state index in [0.29, 0.717) is 26.3 Å². The molecule has 0 unspecified atom stereocenters. The second-order valence-corrected chi connectivity index (χ2v) is 7.19. The van der Waals surface area contributed by atoms with Gasteiger partial charge in [-0.1, -0.05) is 0 Å². The summed E-state index contributed by atoms with van der Waals surface area (Å²) in [5.41, 5.74) is 1.86. The molecule has 0 aliphatic carbocycles. The number of thiazole rings is 1. The summed E-state index contributed by atoms with van der Waals surface area (Å²) in [6, 6.07) is 7.84. The lowest BCUT2D eigenvalue weighted by atomic mass is 10.2. The highest BCUT2D eigenvalue weighted by Crippen LogP contribution is 2.24. The molecule has 116 valence electrons. The zero-order chi connectivity index (χ0) is 15.4. The third kappa shape index (κ3) is 3.88. The lowest BCUT2D eigenvalue weighted by molar-refractivity contribution is 0.0303. The lowest BCUT2D eigenvalue weighted by Gasteiger charge is -2.26. The van der Waals surface area contributed by atoms with Crippen LogP contribution in [0.4, 0.5) is 0 Å². The molecule has 0 spiro atoms. The van der Waals surface area contributed by atoms with Gasteiger partial charge in [0.25, 0.3) is 5.91 Å². The van der Waals surface area contributed by atoms with Crippen molar-refractivity contribution in [3.8, 4) is 0 Å². The lowest BCUT2D eigenvalue weighted by Crippen LogP contribution is -2.40. The van der Waals surface area contributed by atoms with Crippen molar-refractivity contribution in [2.75, 3.05) is 26.3 Å². The smallest absolute Gasteiger partial charge is 0.254 e. The normalized spacial score (nSPS) is 15.0. The molecule has 0 bridgehead atoms. The fourth-order valence-corrected chi connectivity index (χ4v) is 3.78. The van der Waals surface area contributed by atoms with Crippen LogP contribution >= 0.6 is 23.1 Å². The molecule has 22 heavy (non-hydrogen) atoms. The Kier molecular flexibility index (Phi) is 5.12.